The van der Waals surface area contributed by atoms with E-state index in [4.69, 9.17) is 5.73 Å². The Labute approximate surface area is 107 Å². The second-order valence-corrected chi connectivity index (χ2v) is 5.32. The smallest absolute Gasteiger partial charge is 0.124 e. The molecule has 82 valence electrons. The molecule has 2 aromatic rings. The summed E-state index contributed by atoms with van der Waals surface area (Å²) in [7, 11) is 0. The van der Waals surface area contributed by atoms with Crippen LogP contribution in [-0.4, -0.2) is 4.98 Å². The van der Waals surface area contributed by atoms with Gasteiger partial charge in [0.1, 0.15) is 5.03 Å². The van der Waals surface area contributed by atoms with Crippen molar-refractivity contribution in [1.29, 1.82) is 0 Å². The van der Waals surface area contributed by atoms with E-state index in [0.717, 1.165) is 25.6 Å². The third kappa shape index (κ3) is 2.57. The van der Waals surface area contributed by atoms with Crippen molar-refractivity contribution < 1.29 is 0 Å². The predicted octanol–water partition coefficient (Wildman–Crippen LogP) is 3.89. The van der Waals surface area contributed by atoms with Crippen molar-refractivity contribution >= 4 is 33.4 Å². The molecule has 0 amide bonds. The van der Waals surface area contributed by atoms with Gasteiger partial charge in [-0.2, -0.15) is 0 Å². The van der Waals surface area contributed by atoms with Gasteiger partial charge in [0.2, 0.25) is 0 Å². The Balaban J connectivity index is 2.31. The Morgan fingerprint density at radius 2 is 2.06 bits per heavy atom. The Hall–Kier alpha value is -1.00. The van der Waals surface area contributed by atoms with Crippen molar-refractivity contribution in [2.75, 3.05) is 5.73 Å². The third-order valence-corrected chi connectivity index (χ3v) is 4.12. The van der Waals surface area contributed by atoms with E-state index < -0.39 is 0 Å². The number of aromatic nitrogens is 1. The molecular weight excluding hydrogens is 284 g/mol. The summed E-state index contributed by atoms with van der Waals surface area (Å²) in [6.07, 6.45) is 1.83. The lowest BCUT2D eigenvalue weighted by Gasteiger charge is -2.06. The van der Waals surface area contributed by atoms with Crippen LogP contribution in [-0.2, 0) is 0 Å². The lowest BCUT2D eigenvalue weighted by Crippen LogP contribution is -1.92. The predicted molar refractivity (Wildman–Crippen MR) is 71.7 cm³/mol. The molecule has 0 radical (unpaired) electrons. The van der Waals surface area contributed by atoms with Crippen LogP contribution in [0.15, 0.2) is 50.9 Å². The Kier molecular flexibility index (Phi) is 3.51. The molecule has 16 heavy (non-hydrogen) atoms. The topological polar surface area (TPSA) is 38.9 Å². The van der Waals surface area contributed by atoms with E-state index in [1.54, 1.807) is 11.8 Å². The first-order valence-corrected chi connectivity index (χ1v) is 6.42. The van der Waals surface area contributed by atoms with Crippen LogP contribution in [0.1, 0.15) is 5.56 Å². The van der Waals surface area contributed by atoms with E-state index >= 15 is 0 Å². The van der Waals surface area contributed by atoms with Crippen LogP contribution in [0.4, 0.5) is 5.69 Å². The van der Waals surface area contributed by atoms with Gasteiger partial charge in [-0.25, -0.2) is 4.98 Å². The number of halogens is 1. The van der Waals surface area contributed by atoms with E-state index in [1.807, 2.05) is 43.5 Å². The number of benzene rings is 1. The summed E-state index contributed by atoms with van der Waals surface area (Å²) in [5, 5.41) is 0.845. The molecule has 1 heterocycles. The highest BCUT2D eigenvalue weighted by atomic mass is 79.9. The van der Waals surface area contributed by atoms with Crippen molar-refractivity contribution in [2.45, 2.75) is 16.8 Å². The number of nitrogen functional groups attached to an aromatic ring is 1. The van der Waals surface area contributed by atoms with Crippen molar-refractivity contribution in [3.05, 3.63) is 46.6 Å². The molecule has 0 atom stereocenters. The summed E-state index contributed by atoms with van der Waals surface area (Å²) in [5.74, 6) is 0. The molecule has 1 aromatic carbocycles. The van der Waals surface area contributed by atoms with E-state index in [1.165, 1.54) is 0 Å². The van der Waals surface area contributed by atoms with E-state index in [-0.39, 0.29) is 0 Å². The van der Waals surface area contributed by atoms with Crippen molar-refractivity contribution in [3.63, 3.8) is 0 Å². The Bertz CT molecular complexity index is 514. The van der Waals surface area contributed by atoms with Crippen LogP contribution >= 0.6 is 27.7 Å². The maximum Gasteiger partial charge on any atom is 0.124 e. The largest absolute Gasteiger partial charge is 0.397 e. The monoisotopic (exact) mass is 294 g/mol. The highest BCUT2D eigenvalue weighted by Gasteiger charge is 2.06. The summed E-state index contributed by atoms with van der Waals surface area (Å²) in [4.78, 5) is 5.45. The normalized spacial score (nSPS) is 10.4. The molecule has 0 saturated carbocycles. The first-order valence-electron chi connectivity index (χ1n) is 4.81. The van der Waals surface area contributed by atoms with E-state index in [2.05, 4.69) is 20.9 Å². The summed E-state index contributed by atoms with van der Waals surface area (Å²) in [5.41, 5.74) is 7.72. The molecule has 0 aliphatic heterocycles. The molecule has 0 unspecified atom stereocenters. The number of hydrogen-bond acceptors (Lipinski definition) is 3. The first-order chi connectivity index (χ1) is 7.66. The van der Waals surface area contributed by atoms with Crippen molar-refractivity contribution in [2.24, 2.45) is 0 Å². The van der Waals surface area contributed by atoms with Gasteiger partial charge in [0.25, 0.3) is 0 Å². The standard InChI is InChI=1S/C12H11BrN2S/c1-8-6-10(14)12(15-7-8)16-11-5-3-2-4-9(11)13/h2-7H,14H2,1H3. The zero-order valence-corrected chi connectivity index (χ0v) is 11.2. The molecule has 0 fully saturated rings. The first kappa shape index (κ1) is 11.5. The average molecular weight is 295 g/mol. The Morgan fingerprint density at radius 3 is 2.75 bits per heavy atom. The van der Waals surface area contributed by atoms with Gasteiger partial charge in [-0.05, 0) is 46.6 Å². The van der Waals surface area contributed by atoms with Gasteiger partial charge in [0.15, 0.2) is 0 Å². The van der Waals surface area contributed by atoms with Gasteiger partial charge in [-0.15, -0.1) is 0 Å². The molecular formula is C12H11BrN2S. The third-order valence-electron chi connectivity index (χ3n) is 2.06. The fourth-order valence-electron chi connectivity index (χ4n) is 1.30. The number of aryl methyl sites for hydroxylation is 1. The average Bonchev–Trinajstić information content (AvgIpc) is 2.25. The molecule has 2 N–H and O–H groups in total. The van der Waals surface area contributed by atoms with Gasteiger partial charge in [0.05, 0.1) is 5.69 Å². The lowest BCUT2D eigenvalue weighted by atomic mass is 10.3. The van der Waals surface area contributed by atoms with Crippen LogP contribution < -0.4 is 5.73 Å². The highest BCUT2D eigenvalue weighted by molar-refractivity contribution is 9.10. The molecule has 2 nitrogen and oxygen atoms in total. The number of pyridine rings is 1. The lowest BCUT2D eigenvalue weighted by molar-refractivity contribution is 1.11. The number of nitrogens with two attached hydrogens (primary N) is 1. The van der Waals surface area contributed by atoms with E-state index in [9.17, 15) is 0 Å². The number of rotatable bonds is 2. The molecule has 1 aromatic heterocycles. The Morgan fingerprint density at radius 1 is 1.31 bits per heavy atom. The molecule has 0 aliphatic carbocycles. The molecule has 0 saturated heterocycles. The SMILES string of the molecule is Cc1cnc(Sc2ccccc2Br)c(N)c1. The number of anilines is 1. The molecule has 2 rings (SSSR count). The van der Waals surface area contributed by atoms with Crippen molar-refractivity contribution in [3.8, 4) is 0 Å². The summed E-state index contributed by atoms with van der Waals surface area (Å²) >= 11 is 5.07. The van der Waals surface area contributed by atoms with Crippen LogP contribution in [0, 0.1) is 6.92 Å². The van der Waals surface area contributed by atoms with Gasteiger partial charge >= 0.3 is 0 Å². The van der Waals surface area contributed by atoms with E-state index in [0.29, 0.717) is 0 Å². The molecule has 0 bridgehead atoms. The zero-order valence-electron chi connectivity index (χ0n) is 8.77. The molecule has 0 spiro atoms. The summed E-state index contributed by atoms with van der Waals surface area (Å²) in [6.45, 7) is 1.98. The summed E-state index contributed by atoms with van der Waals surface area (Å²) in [6, 6.07) is 9.96. The van der Waals surface area contributed by atoms with Gasteiger partial charge in [-0.1, -0.05) is 23.9 Å². The van der Waals surface area contributed by atoms with Gasteiger partial charge < -0.3 is 5.73 Å². The second kappa shape index (κ2) is 4.89. The fraction of sp³-hybridized carbons (Fsp3) is 0.0833. The fourth-order valence-corrected chi connectivity index (χ4v) is 2.63. The maximum atomic E-state index is 5.92. The minimum absolute atomic E-state index is 0.723. The highest BCUT2D eigenvalue weighted by Crippen LogP contribution is 2.34. The maximum absolute atomic E-state index is 5.92. The van der Waals surface area contributed by atoms with Crippen LogP contribution in [0.2, 0.25) is 0 Å². The summed E-state index contributed by atoms with van der Waals surface area (Å²) < 4.78 is 1.06. The van der Waals surface area contributed by atoms with Gasteiger partial charge in [-0.3, -0.25) is 0 Å². The second-order valence-electron chi connectivity index (χ2n) is 3.44. The van der Waals surface area contributed by atoms with Crippen LogP contribution in [0.25, 0.3) is 0 Å². The van der Waals surface area contributed by atoms with Crippen LogP contribution in [0.5, 0.6) is 0 Å². The van der Waals surface area contributed by atoms with Crippen molar-refractivity contribution in [1.82, 2.24) is 4.98 Å². The number of nitrogens with zero attached hydrogens (tertiary/aromatic N) is 1. The molecule has 4 heteroatoms. The quantitative estimate of drug-likeness (QED) is 0.913. The number of hydrogen-bond donors (Lipinski definition) is 1. The minimum Gasteiger partial charge on any atom is -0.397 e. The minimum atomic E-state index is 0.723. The molecule has 0 aliphatic rings. The zero-order chi connectivity index (χ0) is 11.5. The van der Waals surface area contributed by atoms with Crippen LogP contribution in [0.3, 0.4) is 0 Å². The van der Waals surface area contributed by atoms with Gasteiger partial charge in [0, 0.05) is 15.6 Å².